The fraction of sp³-hybridized carbons (Fsp3) is 0. The van der Waals surface area contributed by atoms with Crippen LogP contribution in [0, 0.1) is 0 Å². The van der Waals surface area contributed by atoms with Crippen LogP contribution in [0.5, 0.6) is 11.5 Å². The molecule has 0 radical (unpaired) electrons. The summed E-state index contributed by atoms with van der Waals surface area (Å²) in [7, 11) is 0. The van der Waals surface area contributed by atoms with Crippen LogP contribution in [0.15, 0.2) is 95.8 Å². The Morgan fingerprint density at radius 1 is 0.862 bits per heavy atom. The SMILES string of the molecule is O=C(Nc1cccc(-c2ccc(=O)[nH]n2)c1)c1ccccc1Oc1ccccc1. The minimum Gasteiger partial charge on any atom is -0.457 e. The lowest BCUT2D eigenvalue weighted by atomic mass is 10.1. The number of benzene rings is 3. The zero-order chi connectivity index (χ0) is 20.1. The number of nitrogens with one attached hydrogen (secondary N) is 2. The maximum Gasteiger partial charge on any atom is 0.264 e. The van der Waals surface area contributed by atoms with Crippen LogP contribution in [0.1, 0.15) is 10.4 Å². The van der Waals surface area contributed by atoms with Crippen molar-refractivity contribution in [3.63, 3.8) is 0 Å². The third-order valence-corrected chi connectivity index (χ3v) is 4.20. The lowest BCUT2D eigenvalue weighted by molar-refractivity contribution is 0.102. The molecule has 0 aliphatic carbocycles. The van der Waals surface area contributed by atoms with Gasteiger partial charge in [0.15, 0.2) is 0 Å². The first-order valence-corrected chi connectivity index (χ1v) is 8.98. The minimum absolute atomic E-state index is 0.270. The lowest BCUT2D eigenvalue weighted by Crippen LogP contribution is -2.13. The van der Waals surface area contributed by atoms with Crippen molar-refractivity contribution in [1.29, 1.82) is 0 Å². The number of anilines is 1. The Hall–Kier alpha value is -4.19. The van der Waals surface area contributed by atoms with Gasteiger partial charge in [-0.25, -0.2) is 5.10 Å². The molecule has 4 aromatic rings. The first-order chi connectivity index (χ1) is 14.2. The number of hydrogen-bond donors (Lipinski definition) is 2. The zero-order valence-corrected chi connectivity index (χ0v) is 15.3. The summed E-state index contributed by atoms with van der Waals surface area (Å²) in [6.45, 7) is 0. The molecule has 2 N–H and O–H groups in total. The van der Waals surface area contributed by atoms with Gasteiger partial charge in [0.2, 0.25) is 0 Å². The second kappa shape index (κ2) is 8.22. The normalized spacial score (nSPS) is 10.3. The monoisotopic (exact) mass is 383 g/mol. The summed E-state index contributed by atoms with van der Waals surface area (Å²) in [4.78, 5) is 24.1. The molecule has 29 heavy (non-hydrogen) atoms. The van der Waals surface area contributed by atoms with Crippen molar-refractivity contribution in [1.82, 2.24) is 10.2 Å². The van der Waals surface area contributed by atoms with E-state index in [1.54, 1.807) is 36.4 Å². The van der Waals surface area contributed by atoms with Gasteiger partial charge in [0.25, 0.3) is 11.5 Å². The highest BCUT2D eigenvalue weighted by molar-refractivity contribution is 6.06. The zero-order valence-electron chi connectivity index (χ0n) is 15.3. The van der Waals surface area contributed by atoms with Gasteiger partial charge < -0.3 is 10.1 Å². The molecule has 0 saturated carbocycles. The third-order valence-electron chi connectivity index (χ3n) is 4.20. The lowest BCUT2D eigenvalue weighted by Gasteiger charge is -2.12. The average Bonchev–Trinajstić information content (AvgIpc) is 2.75. The molecule has 4 rings (SSSR count). The van der Waals surface area contributed by atoms with Gasteiger partial charge in [-0.2, -0.15) is 5.10 Å². The molecule has 0 spiro atoms. The molecule has 1 heterocycles. The summed E-state index contributed by atoms with van der Waals surface area (Å²) in [5.41, 5.74) is 2.13. The van der Waals surface area contributed by atoms with Crippen molar-refractivity contribution in [2.75, 3.05) is 5.32 Å². The van der Waals surface area contributed by atoms with Crippen LogP contribution >= 0.6 is 0 Å². The fourth-order valence-electron chi connectivity index (χ4n) is 2.82. The molecule has 0 aliphatic rings. The van der Waals surface area contributed by atoms with E-state index in [-0.39, 0.29) is 11.5 Å². The average molecular weight is 383 g/mol. The van der Waals surface area contributed by atoms with E-state index in [0.717, 1.165) is 5.56 Å². The Balaban J connectivity index is 1.57. The molecule has 142 valence electrons. The molecule has 0 bridgehead atoms. The summed E-state index contributed by atoms with van der Waals surface area (Å²) < 4.78 is 5.87. The first-order valence-electron chi connectivity index (χ1n) is 8.98. The summed E-state index contributed by atoms with van der Waals surface area (Å²) in [5, 5.41) is 9.31. The van der Waals surface area contributed by atoms with Crippen molar-refractivity contribution >= 4 is 11.6 Å². The van der Waals surface area contributed by atoms with Gasteiger partial charge in [-0.1, -0.05) is 42.5 Å². The Morgan fingerprint density at radius 2 is 1.66 bits per heavy atom. The Morgan fingerprint density at radius 3 is 2.45 bits per heavy atom. The molecule has 6 heteroatoms. The number of aromatic amines is 1. The number of ether oxygens (including phenoxy) is 1. The second-order valence-corrected chi connectivity index (χ2v) is 6.25. The number of carbonyl (C=O) groups is 1. The predicted octanol–water partition coefficient (Wildman–Crippen LogP) is 4.48. The highest BCUT2D eigenvalue weighted by Gasteiger charge is 2.13. The number of nitrogens with zero attached hydrogens (tertiary/aromatic N) is 1. The van der Waals surface area contributed by atoms with Crippen LogP contribution in [-0.4, -0.2) is 16.1 Å². The summed E-state index contributed by atoms with van der Waals surface area (Å²) in [6.07, 6.45) is 0. The summed E-state index contributed by atoms with van der Waals surface area (Å²) >= 11 is 0. The van der Waals surface area contributed by atoms with E-state index >= 15 is 0 Å². The predicted molar refractivity (Wildman–Crippen MR) is 111 cm³/mol. The largest absolute Gasteiger partial charge is 0.457 e. The Bertz CT molecular complexity index is 1180. The molecule has 0 atom stereocenters. The van der Waals surface area contributed by atoms with Gasteiger partial charge in [0, 0.05) is 17.3 Å². The number of H-pyrrole nitrogens is 1. The highest BCUT2D eigenvalue weighted by Crippen LogP contribution is 2.26. The van der Waals surface area contributed by atoms with Gasteiger partial charge >= 0.3 is 0 Å². The van der Waals surface area contributed by atoms with Crippen LogP contribution in [0.25, 0.3) is 11.3 Å². The molecule has 0 unspecified atom stereocenters. The van der Waals surface area contributed by atoms with Gasteiger partial charge in [-0.15, -0.1) is 0 Å². The fourth-order valence-corrected chi connectivity index (χ4v) is 2.82. The molecular weight excluding hydrogens is 366 g/mol. The van der Waals surface area contributed by atoms with Crippen LogP contribution in [0.4, 0.5) is 5.69 Å². The van der Waals surface area contributed by atoms with Crippen molar-refractivity contribution in [2.45, 2.75) is 0 Å². The first kappa shape index (κ1) is 18.2. The molecule has 0 aliphatic heterocycles. The number of aromatic nitrogens is 2. The number of carbonyl (C=O) groups excluding carboxylic acids is 1. The molecule has 1 aromatic heterocycles. The van der Waals surface area contributed by atoms with Crippen molar-refractivity contribution in [3.05, 3.63) is 107 Å². The van der Waals surface area contributed by atoms with E-state index in [1.165, 1.54) is 6.07 Å². The van der Waals surface area contributed by atoms with Crippen LogP contribution < -0.4 is 15.6 Å². The smallest absolute Gasteiger partial charge is 0.264 e. The van der Waals surface area contributed by atoms with Gasteiger partial charge in [-0.05, 0) is 42.5 Å². The van der Waals surface area contributed by atoms with E-state index in [1.807, 2.05) is 48.5 Å². The number of hydrogen-bond acceptors (Lipinski definition) is 4. The number of para-hydroxylation sites is 2. The summed E-state index contributed by atoms with van der Waals surface area (Å²) in [5.74, 6) is 0.830. The van der Waals surface area contributed by atoms with Gasteiger partial charge in [0.1, 0.15) is 11.5 Å². The van der Waals surface area contributed by atoms with Gasteiger partial charge in [-0.3, -0.25) is 9.59 Å². The molecule has 1 amide bonds. The number of rotatable bonds is 5. The van der Waals surface area contributed by atoms with Crippen molar-refractivity contribution in [2.24, 2.45) is 0 Å². The van der Waals surface area contributed by atoms with E-state index in [4.69, 9.17) is 4.74 Å². The summed E-state index contributed by atoms with van der Waals surface area (Å²) in [6, 6.07) is 26.6. The molecular formula is C23H17N3O3. The van der Waals surface area contributed by atoms with E-state index in [2.05, 4.69) is 15.5 Å². The van der Waals surface area contributed by atoms with Crippen LogP contribution in [-0.2, 0) is 0 Å². The Labute approximate surface area is 166 Å². The topological polar surface area (TPSA) is 84.1 Å². The van der Waals surface area contributed by atoms with Gasteiger partial charge in [0.05, 0.1) is 11.3 Å². The van der Waals surface area contributed by atoms with Crippen LogP contribution in [0.2, 0.25) is 0 Å². The van der Waals surface area contributed by atoms with E-state index in [0.29, 0.717) is 28.4 Å². The third kappa shape index (κ3) is 4.39. The molecule has 3 aromatic carbocycles. The van der Waals surface area contributed by atoms with Crippen molar-refractivity contribution in [3.8, 4) is 22.8 Å². The molecule has 0 saturated heterocycles. The maximum atomic E-state index is 12.9. The van der Waals surface area contributed by atoms with E-state index in [9.17, 15) is 9.59 Å². The van der Waals surface area contributed by atoms with Crippen LogP contribution in [0.3, 0.4) is 0 Å². The standard InChI is InChI=1S/C23H17N3O3/c27-22-14-13-20(25-26-22)16-7-6-8-17(15-16)24-23(28)19-11-4-5-12-21(19)29-18-9-2-1-3-10-18/h1-15H,(H,24,28)(H,26,27). The highest BCUT2D eigenvalue weighted by atomic mass is 16.5. The Kier molecular flexibility index (Phi) is 5.16. The van der Waals surface area contributed by atoms with E-state index < -0.39 is 0 Å². The molecule has 6 nitrogen and oxygen atoms in total. The quantitative estimate of drug-likeness (QED) is 0.532. The molecule has 0 fully saturated rings. The van der Waals surface area contributed by atoms with Crippen molar-refractivity contribution < 1.29 is 9.53 Å². The minimum atomic E-state index is -0.289. The maximum absolute atomic E-state index is 12.9. The number of amides is 1. The second-order valence-electron chi connectivity index (χ2n) is 6.25.